The zero-order chi connectivity index (χ0) is 31.5. The molecule has 0 fully saturated rings. The van der Waals surface area contributed by atoms with Gasteiger partial charge >= 0.3 is 0 Å². The highest BCUT2D eigenvalue weighted by molar-refractivity contribution is 7.45. The van der Waals surface area contributed by atoms with E-state index in [1.54, 1.807) is 0 Å². The maximum Gasteiger partial charge on any atom is 0.268 e. The fraction of sp³-hybridized carbons (Fsp3) is 0.909. The topological polar surface area (TPSA) is 108 Å². The normalized spacial score (nSPS) is 15.1. The lowest BCUT2D eigenvalue weighted by Crippen LogP contribution is -2.46. The molecule has 0 radical (unpaired) electrons. The summed E-state index contributed by atoms with van der Waals surface area (Å²) in [7, 11) is 1.28. The Bertz CT molecular complexity index is 713. The second-order valence-corrected chi connectivity index (χ2v) is 14.3. The van der Waals surface area contributed by atoms with Crippen LogP contribution in [0.25, 0.3) is 0 Å². The molecule has 0 bridgehead atoms. The molecule has 0 aromatic carbocycles. The van der Waals surface area contributed by atoms with E-state index >= 15 is 0 Å². The van der Waals surface area contributed by atoms with Crippen molar-refractivity contribution in [2.45, 2.75) is 154 Å². The third kappa shape index (κ3) is 28.0. The van der Waals surface area contributed by atoms with E-state index < -0.39 is 20.0 Å². The highest BCUT2D eigenvalue weighted by Gasteiger charge is 2.24. The van der Waals surface area contributed by atoms with E-state index in [9.17, 15) is 19.4 Å². The molecule has 0 aliphatic rings. The molecular formula is C33H67N2O6P. The average molecular weight is 619 g/mol. The Hall–Kier alpha value is -0.760. The van der Waals surface area contributed by atoms with Crippen molar-refractivity contribution in [3.63, 3.8) is 0 Å². The number of nitrogens with one attached hydrogen (secondary N) is 1. The largest absolute Gasteiger partial charge is 0.756 e. The molecule has 0 rings (SSSR count). The number of phosphoric acid groups is 1. The van der Waals surface area contributed by atoms with Gasteiger partial charge in [0.1, 0.15) is 13.2 Å². The van der Waals surface area contributed by atoms with Crippen LogP contribution in [0.15, 0.2) is 12.2 Å². The first kappa shape index (κ1) is 41.2. The third-order valence-corrected chi connectivity index (χ3v) is 8.47. The van der Waals surface area contributed by atoms with Crippen molar-refractivity contribution in [2.24, 2.45) is 0 Å². The van der Waals surface area contributed by atoms with E-state index in [0.29, 0.717) is 23.9 Å². The molecule has 0 saturated carbocycles. The number of carbonyl (C=O) groups is 1. The number of hydrogen-bond donors (Lipinski definition) is 2. The number of nitrogens with zero attached hydrogens (tertiary/aromatic N) is 1. The minimum absolute atomic E-state index is 0.00852. The molecule has 0 spiro atoms. The van der Waals surface area contributed by atoms with Crippen LogP contribution in [0.5, 0.6) is 0 Å². The number of likely N-dealkylation sites (N-methyl/N-ethyl adjacent to an activating group) is 1. The Morgan fingerprint density at radius 2 is 1.31 bits per heavy atom. The molecule has 2 N–H and O–H groups in total. The van der Waals surface area contributed by atoms with Crippen LogP contribution in [0, 0.1) is 0 Å². The van der Waals surface area contributed by atoms with Gasteiger partial charge < -0.3 is 28.8 Å². The predicted octanol–water partition coefficient (Wildman–Crippen LogP) is 7.44. The summed E-state index contributed by atoms with van der Waals surface area (Å²) in [5.41, 5.74) is 0. The van der Waals surface area contributed by atoms with Gasteiger partial charge in [0.2, 0.25) is 5.91 Å². The summed E-state index contributed by atoms with van der Waals surface area (Å²) in [5.74, 6) is -0.184. The van der Waals surface area contributed by atoms with Gasteiger partial charge in [0.05, 0.1) is 39.9 Å². The third-order valence-electron chi connectivity index (χ3n) is 7.50. The van der Waals surface area contributed by atoms with Crippen LogP contribution in [0.1, 0.15) is 142 Å². The number of aliphatic hydroxyl groups is 1. The van der Waals surface area contributed by atoms with E-state index in [4.69, 9.17) is 9.05 Å². The zero-order valence-corrected chi connectivity index (χ0v) is 28.9. The smallest absolute Gasteiger partial charge is 0.268 e. The minimum Gasteiger partial charge on any atom is -0.756 e. The number of quaternary nitrogens is 1. The van der Waals surface area contributed by atoms with E-state index in [0.717, 1.165) is 44.9 Å². The second kappa shape index (κ2) is 26.6. The summed E-state index contributed by atoms with van der Waals surface area (Å²) >= 11 is 0. The van der Waals surface area contributed by atoms with Gasteiger partial charge in [0.25, 0.3) is 7.82 Å². The monoisotopic (exact) mass is 618 g/mol. The van der Waals surface area contributed by atoms with Gasteiger partial charge in [0.15, 0.2) is 0 Å². The molecule has 9 heteroatoms. The number of amides is 1. The van der Waals surface area contributed by atoms with E-state index in [-0.39, 0.29) is 19.1 Å². The number of aliphatic hydroxyl groups excluding tert-OH is 1. The summed E-state index contributed by atoms with van der Waals surface area (Å²) in [4.78, 5) is 24.9. The highest BCUT2D eigenvalue weighted by Crippen LogP contribution is 2.38. The Kier molecular flexibility index (Phi) is 26.1. The molecule has 0 aromatic rings. The first-order chi connectivity index (χ1) is 20.0. The summed E-state index contributed by atoms with van der Waals surface area (Å²) in [5, 5.41) is 13.7. The molecule has 0 aromatic heterocycles. The molecule has 0 aliphatic carbocycles. The van der Waals surface area contributed by atoms with Gasteiger partial charge in [-0.15, -0.1) is 0 Å². The summed E-state index contributed by atoms with van der Waals surface area (Å²) in [6.45, 7) is 4.61. The number of hydrogen-bond acceptors (Lipinski definition) is 6. The van der Waals surface area contributed by atoms with Crippen molar-refractivity contribution in [1.82, 2.24) is 5.32 Å². The lowest BCUT2D eigenvalue weighted by Gasteiger charge is -2.30. The Morgan fingerprint density at radius 1 is 0.810 bits per heavy atom. The number of phosphoric ester groups is 1. The van der Waals surface area contributed by atoms with Crippen LogP contribution in [0.4, 0.5) is 0 Å². The van der Waals surface area contributed by atoms with Crippen LogP contribution in [0.3, 0.4) is 0 Å². The Labute approximate surface area is 259 Å². The van der Waals surface area contributed by atoms with E-state index in [2.05, 4.69) is 31.3 Å². The SMILES string of the molecule is CCCCCCCCC/C=C/CCCC[C@@H](O)[C@H](COP(=O)([O-])OCC[N+](C)(C)C)NC(=O)CCCCCCCCC. The van der Waals surface area contributed by atoms with Gasteiger partial charge in [-0.3, -0.25) is 9.36 Å². The quantitative estimate of drug-likeness (QED) is 0.0375. The molecular weight excluding hydrogens is 551 g/mol. The van der Waals surface area contributed by atoms with Crippen LogP contribution in [0.2, 0.25) is 0 Å². The van der Waals surface area contributed by atoms with Gasteiger partial charge in [-0.05, 0) is 38.5 Å². The Morgan fingerprint density at radius 3 is 1.86 bits per heavy atom. The fourth-order valence-electron chi connectivity index (χ4n) is 4.68. The molecule has 1 unspecified atom stereocenters. The minimum atomic E-state index is -4.55. The van der Waals surface area contributed by atoms with Crippen molar-refractivity contribution in [2.75, 3.05) is 40.9 Å². The standard InChI is InChI=1S/C33H67N2O6P/c1-6-8-10-12-14-15-16-17-18-19-21-22-24-26-32(36)31(30-41-42(38,39)40-29-28-35(3,4)5)34-33(37)27-25-23-20-13-11-9-7-2/h18-19,31-32,36H,6-17,20-30H2,1-5H3,(H-,34,37,38,39)/b19-18+/t31-,32+/m0/s1. The van der Waals surface area contributed by atoms with Crippen LogP contribution in [-0.4, -0.2) is 68.5 Å². The first-order valence-electron chi connectivity index (χ1n) is 17.0. The van der Waals surface area contributed by atoms with Crippen LogP contribution >= 0.6 is 7.82 Å². The molecule has 0 aliphatic heterocycles. The van der Waals surface area contributed by atoms with Crippen molar-refractivity contribution in [1.29, 1.82) is 0 Å². The number of unbranched alkanes of at least 4 members (excludes halogenated alkanes) is 15. The van der Waals surface area contributed by atoms with Gasteiger partial charge in [-0.2, -0.15) is 0 Å². The highest BCUT2D eigenvalue weighted by atomic mass is 31.2. The van der Waals surface area contributed by atoms with Crippen molar-refractivity contribution in [3.8, 4) is 0 Å². The molecule has 0 heterocycles. The second-order valence-electron chi connectivity index (χ2n) is 12.9. The predicted molar refractivity (Wildman–Crippen MR) is 173 cm³/mol. The maximum absolute atomic E-state index is 12.6. The van der Waals surface area contributed by atoms with Gasteiger partial charge in [-0.1, -0.05) is 109 Å². The molecule has 250 valence electrons. The maximum atomic E-state index is 12.6. The summed E-state index contributed by atoms with van der Waals surface area (Å²) < 4.78 is 23.0. The lowest BCUT2D eigenvalue weighted by molar-refractivity contribution is -0.870. The number of allylic oxidation sites excluding steroid dienone is 2. The summed E-state index contributed by atoms with van der Waals surface area (Å²) in [6.07, 6.45) is 25.1. The van der Waals surface area contributed by atoms with Crippen molar-refractivity contribution >= 4 is 13.7 Å². The van der Waals surface area contributed by atoms with E-state index in [1.165, 1.54) is 70.6 Å². The fourth-order valence-corrected chi connectivity index (χ4v) is 5.40. The zero-order valence-electron chi connectivity index (χ0n) is 28.0. The molecule has 1 amide bonds. The molecule has 0 saturated heterocycles. The number of carbonyl (C=O) groups excluding carboxylic acids is 1. The molecule has 3 atom stereocenters. The van der Waals surface area contributed by atoms with Gasteiger partial charge in [-0.25, -0.2) is 0 Å². The van der Waals surface area contributed by atoms with Gasteiger partial charge in [0, 0.05) is 6.42 Å². The van der Waals surface area contributed by atoms with Crippen LogP contribution in [-0.2, 0) is 18.4 Å². The van der Waals surface area contributed by atoms with E-state index in [1.807, 2.05) is 21.1 Å². The number of rotatable bonds is 30. The molecule has 8 nitrogen and oxygen atoms in total. The van der Waals surface area contributed by atoms with Crippen molar-refractivity contribution in [3.05, 3.63) is 12.2 Å². The summed E-state index contributed by atoms with van der Waals surface area (Å²) in [6, 6.07) is -0.806. The Balaban J connectivity index is 4.55. The lowest BCUT2D eigenvalue weighted by atomic mass is 10.0. The first-order valence-corrected chi connectivity index (χ1v) is 18.5. The average Bonchev–Trinajstić information content (AvgIpc) is 2.92. The van der Waals surface area contributed by atoms with Crippen molar-refractivity contribution < 1.29 is 32.9 Å². The van der Waals surface area contributed by atoms with Crippen LogP contribution < -0.4 is 10.2 Å². The molecule has 42 heavy (non-hydrogen) atoms.